The van der Waals surface area contributed by atoms with Gasteiger partial charge in [-0.25, -0.2) is 0 Å². The zero-order valence-corrected chi connectivity index (χ0v) is 13.5. The van der Waals surface area contributed by atoms with Crippen LogP contribution < -0.4 is 22.3 Å². The number of alkyl halides is 3. The van der Waals surface area contributed by atoms with Crippen molar-refractivity contribution in [1.82, 2.24) is 10.7 Å². The number of nitrogens with one attached hydrogen (secondary N) is 3. The number of halogens is 3. The minimum atomic E-state index is -4.66. The topological polar surface area (TPSA) is 100.0 Å². The van der Waals surface area contributed by atoms with Gasteiger partial charge in [-0.1, -0.05) is 24.8 Å². The van der Waals surface area contributed by atoms with Gasteiger partial charge in [0.05, 0.1) is 5.71 Å². The smallest absolute Gasteiger partial charge is 0.373 e. The van der Waals surface area contributed by atoms with E-state index in [9.17, 15) is 13.2 Å². The van der Waals surface area contributed by atoms with Crippen LogP contribution in [-0.2, 0) is 0 Å². The average Bonchev–Trinajstić information content (AvgIpc) is 2.43. The third kappa shape index (κ3) is 6.70. The van der Waals surface area contributed by atoms with E-state index in [1.165, 1.54) is 32.9 Å². The van der Waals surface area contributed by atoms with Crippen molar-refractivity contribution in [3.05, 3.63) is 47.9 Å². The van der Waals surface area contributed by atoms with Crippen molar-refractivity contribution < 1.29 is 13.2 Å². The molecule has 5 nitrogen and oxygen atoms in total. The first kappa shape index (κ1) is 20.9. The molecule has 2 atom stereocenters. The third-order valence-electron chi connectivity index (χ3n) is 2.95. The molecule has 0 aliphatic heterocycles. The van der Waals surface area contributed by atoms with E-state index in [4.69, 9.17) is 17.0 Å². The van der Waals surface area contributed by atoms with Gasteiger partial charge in [0.2, 0.25) is 0 Å². The van der Waals surface area contributed by atoms with Crippen molar-refractivity contribution in [1.29, 1.82) is 5.41 Å². The summed E-state index contributed by atoms with van der Waals surface area (Å²) < 4.78 is 40.0. The van der Waals surface area contributed by atoms with Gasteiger partial charge in [0.1, 0.15) is 0 Å². The molecule has 0 rings (SSSR count). The second-order valence-corrected chi connectivity index (χ2v) is 4.97. The summed E-state index contributed by atoms with van der Waals surface area (Å²) in [6, 6.07) is -2.98. The van der Waals surface area contributed by atoms with Crippen LogP contribution in [0.2, 0.25) is 0 Å². The highest BCUT2D eigenvalue weighted by Crippen LogP contribution is 2.25. The lowest BCUT2D eigenvalue weighted by molar-refractivity contribution is -0.138. The summed E-state index contributed by atoms with van der Waals surface area (Å²) in [6.45, 7) is 7.91. The molecule has 0 aromatic rings. The Kier molecular flexibility index (Phi) is 8.34. The average molecular weight is 331 g/mol. The summed E-state index contributed by atoms with van der Waals surface area (Å²) >= 11 is 0. The largest absolute Gasteiger partial charge is 0.414 e. The van der Waals surface area contributed by atoms with Gasteiger partial charge in [-0.15, -0.1) is 0 Å². The van der Waals surface area contributed by atoms with Gasteiger partial charge >= 0.3 is 6.18 Å². The van der Waals surface area contributed by atoms with Gasteiger partial charge < -0.3 is 21.9 Å². The fourth-order valence-electron chi connectivity index (χ4n) is 1.89. The number of hydrogen-bond acceptors (Lipinski definition) is 5. The van der Waals surface area contributed by atoms with Gasteiger partial charge in [0.15, 0.2) is 6.04 Å². The Bertz CT molecular complexity index is 516. The molecular formula is C15H24F3N5. The minimum Gasteiger partial charge on any atom is -0.373 e. The lowest BCUT2D eigenvalue weighted by atomic mass is 9.95. The summed E-state index contributed by atoms with van der Waals surface area (Å²) in [6.07, 6.45) is 1.41. The predicted octanol–water partition coefficient (Wildman–Crippen LogP) is 2.26. The Morgan fingerprint density at radius 2 is 1.83 bits per heavy atom. The second-order valence-electron chi connectivity index (χ2n) is 4.97. The van der Waals surface area contributed by atoms with Gasteiger partial charge in [-0.2, -0.15) is 13.2 Å². The van der Waals surface area contributed by atoms with E-state index in [0.29, 0.717) is 0 Å². The van der Waals surface area contributed by atoms with E-state index < -0.39 is 24.0 Å². The van der Waals surface area contributed by atoms with Crippen LogP contribution in [0.3, 0.4) is 0 Å². The van der Waals surface area contributed by atoms with Crippen molar-refractivity contribution in [2.75, 3.05) is 0 Å². The summed E-state index contributed by atoms with van der Waals surface area (Å²) in [7, 11) is 0. The maximum absolute atomic E-state index is 13.3. The Labute approximate surface area is 134 Å². The maximum atomic E-state index is 13.3. The molecule has 0 saturated carbocycles. The fraction of sp³-hybridized carbons (Fsp3) is 0.400. The van der Waals surface area contributed by atoms with Crippen LogP contribution in [0.5, 0.6) is 0 Å². The van der Waals surface area contributed by atoms with E-state index in [1.54, 1.807) is 12.2 Å². The molecule has 130 valence electrons. The summed E-state index contributed by atoms with van der Waals surface area (Å²) in [5.41, 5.74) is 7.75. The second kappa shape index (κ2) is 9.16. The third-order valence-corrected chi connectivity index (χ3v) is 2.95. The normalized spacial score (nSPS) is 16.6. The van der Waals surface area contributed by atoms with Gasteiger partial charge in [0, 0.05) is 23.0 Å². The molecule has 0 aliphatic rings. The Balaban J connectivity index is 5.66. The molecule has 8 heteroatoms. The zero-order valence-electron chi connectivity index (χ0n) is 13.5. The minimum absolute atomic E-state index is 0.0109. The van der Waals surface area contributed by atoms with Crippen molar-refractivity contribution in [3.8, 4) is 0 Å². The SMILES string of the molecule is C=C/C=C\C=C(/C)NC(C(=N)/C(=C(\C)NN)C(C)N)C(F)(F)F. The van der Waals surface area contributed by atoms with Crippen LogP contribution in [0.4, 0.5) is 13.2 Å². The Morgan fingerprint density at radius 1 is 1.26 bits per heavy atom. The first-order valence-electron chi connectivity index (χ1n) is 6.87. The molecule has 7 N–H and O–H groups in total. The molecule has 0 spiro atoms. The molecule has 0 fully saturated rings. The monoisotopic (exact) mass is 331 g/mol. The van der Waals surface area contributed by atoms with Crippen molar-refractivity contribution in [2.24, 2.45) is 11.6 Å². The summed E-state index contributed by atoms with van der Waals surface area (Å²) in [5.74, 6) is 5.25. The number of hydrogen-bond donors (Lipinski definition) is 5. The van der Waals surface area contributed by atoms with Crippen molar-refractivity contribution in [3.63, 3.8) is 0 Å². The Hall–Kier alpha value is -2.06. The lowest BCUT2D eigenvalue weighted by Gasteiger charge is -2.27. The van der Waals surface area contributed by atoms with E-state index in [0.717, 1.165) is 0 Å². The molecule has 23 heavy (non-hydrogen) atoms. The van der Waals surface area contributed by atoms with Crippen molar-refractivity contribution >= 4 is 5.71 Å². The van der Waals surface area contributed by atoms with E-state index >= 15 is 0 Å². The molecule has 0 heterocycles. The molecule has 0 aromatic heterocycles. The van der Waals surface area contributed by atoms with Crippen LogP contribution in [0, 0.1) is 5.41 Å². The molecule has 0 saturated heterocycles. The quantitative estimate of drug-likeness (QED) is 0.204. The number of rotatable bonds is 8. The lowest BCUT2D eigenvalue weighted by Crippen LogP contribution is -2.50. The first-order valence-corrected chi connectivity index (χ1v) is 6.87. The molecule has 0 amide bonds. The standard InChI is InChI=1S/C15H24F3N5/c1-5-6-7-8-9(2)22-14(15(16,17)18)13(20)12(10(3)19)11(4)23-21/h5-8,10,14,20,22-23H,1,19,21H2,2-4H3/b7-6-,9-8+,12-11+,20-13?. The highest BCUT2D eigenvalue weighted by atomic mass is 19.4. The molecule has 0 aromatic carbocycles. The zero-order chi connectivity index (χ0) is 18.2. The van der Waals surface area contributed by atoms with E-state index in [1.807, 2.05) is 0 Å². The van der Waals surface area contributed by atoms with Crippen LogP contribution in [0.1, 0.15) is 20.8 Å². The van der Waals surface area contributed by atoms with E-state index in [2.05, 4.69) is 17.3 Å². The van der Waals surface area contributed by atoms with Crippen LogP contribution in [-0.4, -0.2) is 24.0 Å². The van der Waals surface area contributed by atoms with Crippen LogP contribution >= 0.6 is 0 Å². The van der Waals surface area contributed by atoms with Crippen LogP contribution in [0.15, 0.2) is 47.9 Å². The first-order chi connectivity index (χ1) is 10.6. The maximum Gasteiger partial charge on any atom is 0.414 e. The van der Waals surface area contributed by atoms with Crippen molar-refractivity contribution in [2.45, 2.75) is 39.0 Å². The molecule has 0 bridgehead atoms. The Morgan fingerprint density at radius 3 is 2.22 bits per heavy atom. The molecule has 2 unspecified atom stereocenters. The molecular weight excluding hydrogens is 307 g/mol. The van der Waals surface area contributed by atoms with Gasteiger partial charge in [0.25, 0.3) is 0 Å². The number of allylic oxidation sites excluding steroid dienone is 6. The summed E-state index contributed by atoms with van der Waals surface area (Å²) in [5, 5.41) is 10.2. The fourth-order valence-corrected chi connectivity index (χ4v) is 1.89. The number of nitrogens with two attached hydrogens (primary N) is 2. The van der Waals surface area contributed by atoms with Crippen LogP contribution in [0.25, 0.3) is 0 Å². The van der Waals surface area contributed by atoms with Gasteiger partial charge in [-0.3, -0.25) is 5.84 Å². The molecule has 0 aliphatic carbocycles. The van der Waals surface area contributed by atoms with Gasteiger partial charge in [-0.05, 0) is 26.8 Å². The summed E-state index contributed by atoms with van der Waals surface area (Å²) in [4.78, 5) is 0. The highest BCUT2D eigenvalue weighted by Gasteiger charge is 2.44. The van der Waals surface area contributed by atoms with E-state index in [-0.39, 0.29) is 17.0 Å². The predicted molar refractivity (Wildman–Crippen MR) is 87.5 cm³/mol. The highest BCUT2D eigenvalue weighted by molar-refractivity contribution is 6.03. The molecule has 0 radical (unpaired) electrons. The number of hydrazine groups is 1.